The average molecular weight is 421 g/mol. The Morgan fingerprint density at radius 2 is 1.73 bits per heavy atom. The van der Waals surface area contributed by atoms with Crippen LogP contribution in [0.5, 0.6) is 0 Å². The molecule has 4 atom stereocenters. The van der Waals surface area contributed by atoms with Crippen molar-refractivity contribution >= 4 is 29.1 Å². The van der Waals surface area contributed by atoms with E-state index in [4.69, 9.17) is 24.4 Å². The summed E-state index contributed by atoms with van der Waals surface area (Å²) >= 11 is 0. The standard InChI is InChI=1S/C18H23N5O7/c1-5-22-7-21-17-13(16(22)19)20-8-23(17)18-15(29-11(4)26)14(28-10(3)25)12(30-18)6-27-9(2)24/h7-8,12,14-15,18-19H,5-6H2,1-4H3/t12-,14-,15-,18-/m1/s1. The number of fused-ring (bicyclic) bond motifs is 1. The maximum absolute atomic E-state index is 11.7. The average Bonchev–Trinajstić information content (AvgIpc) is 3.22. The van der Waals surface area contributed by atoms with Crippen molar-refractivity contribution in [3.63, 3.8) is 0 Å². The van der Waals surface area contributed by atoms with Gasteiger partial charge in [-0.05, 0) is 6.92 Å². The van der Waals surface area contributed by atoms with Crippen LogP contribution in [0.1, 0.15) is 33.9 Å². The van der Waals surface area contributed by atoms with E-state index in [0.717, 1.165) is 0 Å². The van der Waals surface area contributed by atoms with Crippen LogP contribution in [0.15, 0.2) is 12.7 Å². The van der Waals surface area contributed by atoms with Crippen molar-refractivity contribution < 1.29 is 33.3 Å². The van der Waals surface area contributed by atoms with Crippen LogP contribution in [0.25, 0.3) is 11.2 Å². The van der Waals surface area contributed by atoms with Gasteiger partial charge in [0.1, 0.15) is 18.2 Å². The molecule has 0 unspecified atom stereocenters. The number of ether oxygens (including phenoxy) is 4. The summed E-state index contributed by atoms with van der Waals surface area (Å²) in [5, 5.41) is 8.27. The minimum atomic E-state index is -1.04. The van der Waals surface area contributed by atoms with E-state index in [2.05, 4.69) is 9.97 Å². The van der Waals surface area contributed by atoms with Crippen LogP contribution in [-0.4, -0.2) is 61.9 Å². The third-order valence-corrected chi connectivity index (χ3v) is 4.55. The molecule has 1 aliphatic heterocycles. The molecule has 0 bridgehead atoms. The minimum Gasteiger partial charge on any atom is -0.463 e. The Balaban J connectivity index is 2.04. The lowest BCUT2D eigenvalue weighted by molar-refractivity contribution is -0.166. The number of nitrogens with zero attached hydrogens (tertiary/aromatic N) is 4. The highest BCUT2D eigenvalue weighted by molar-refractivity contribution is 5.69. The Labute approximate surface area is 171 Å². The van der Waals surface area contributed by atoms with Gasteiger partial charge in [0.05, 0.1) is 12.7 Å². The number of hydrogen-bond acceptors (Lipinski definition) is 10. The van der Waals surface area contributed by atoms with E-state index in [1.807, 2.05) is 6.92 Å². The summed E-state index contributed by atoms with van der Waals surface area (Å²) in [7, 11) is 0. The minimum absolute atomic E-state index is 0.163. The number of nitrogens with one attached hydrogen (secondary N) is 1. The molecule has 1 saturated heterocycles. The quantitative estimate of drug-likeness (QED) is 0.505. The largest absolute Gasteiger partial charge is 0.463 e. The predicted octanol–water partition coefficient (Wildman–Crippen LogP) is 0.0561. The zero-order chi connectivity index (χ0) is 22.0. The Morgan fingerprint density at radius 3 is 2.33 bits per heavy atom. The van der Waals surface area contributed by atoms with E-state index in [9.17, 15) is 14.4 Å². The lowest BCUT2D eigenvalue weighted by Crippen LogP contribution is -2.40. The smallest absolute Gasteiger partial charge is 0.303 e. The van der Waals surface area contributed by atoms with Gasteiger partial charge in [0.15, 0.2) is 29.6 Å². The monoisotopic (exact) mass is 421 g/mol. The van der Waals surface area contributed by atoms with Crippen molar-refractivity contribution in [2.24, 2.45) is 0 Å². The number of aryl methyl sites for hydroxylation is 1. The third-order valence-electron chi connectivity index (χ3n) is 4.55. The third kappa shape index (κ3) is 4.17. The Morgan fingerprint density at radius 1 is 1.07 bits per heavy atom. The second kappa shape index (κ2) is 8.61. The number of aromatic nitrogens is 4. The molecule has 0 amide bonds. The maximum Gasteiger partial charge on any atom is 0.303 e. The van der Waals surface area contributed by atoms with Gasteiger partial charge in [-0.3, -0.25) is 24.4 Å². The number of rotatable bonds is 6. The number of hydrogen-bond donors (Lipinski definition) is 1. The van der Waals surface area contributed by atoms with Crippen LogP contribution in [0.4, 0.5) is 0 Å². The first kappa shape index (κ1) is 21.4. The zero-order valence-corrected chi connectivity index (χ0v) is 17.0. The molecule has 3 heterocycles. The molecule has 12 heteroatoms. The number of carbonyl (C=O) groups is 3. The highest BCUT2D eigenvalue weighted by atomic mass is 16.7. The fourth-order valence-electron chi connectivity index (χ4n) is 3.31. The molecule has 1 N–H and O–H groups in total. The molecule has 162 valence electrons. The van der Waals surface area contributed by atoms with Gasteiger partial charge >= 0.3 is 17.9 Å². The van der Waals surface area contributed by atoms with Crippen LogP contribution >= 0.6 is 0 Å². The fourth-order valence-corrected chi connectivity index (χ4v) is 3.31. The van der Waals surface area contributed by atoms with Crippen LogP contribution in [0.2, 0.25) is 0 Å². The van der Waals surface area contributed by atoms with Crippen molar-refractivity contribution in [3.05, 3.63) is 18.1 Å². The van der Waals surface area contributed by atoms with E-state index in [1.165, 1.54) is 38.0 Å². The van der Waals surface area contributed by atoms with E-state index in [-0.39, 0.29) is 12.1 Å². The molecular formula is C18H23N5O7. The van der Waals surface area contributed by atoms with Gasteiger partial charge in [0, 0.05) is 27.3 Å². The van der Waals surface area contributed by atoms with Crippen molar-refractivity contribution in [1.29, 1.82) is 5.41 Å². The highest BCUT2D eigenvalue weighted by Gasteiger charge is 2.51. The molecule has 12 nitrogen and oxygen atoms in total. The topological polar surface area (TPSA) is 148 Å². The molecule has 30 heavy (non-hydrogen) atoms. The number of carbonyl (C=O) groups excluding carboxylic acids is 3. The Kier molecular flexibility index (Phi) is 6.15. The van der Waals surface area contributed by atoms with Crippen molar-refractivity contribution in [3.8, 4) is 0 Å². The summed E-state index contributed by atoms with van der Waals surface area (Å²) in [6, 6.07) is 0. The summed E-state index contributed by atoms with van der Waals surface area (Å²) in [5.41, 5.74) is 0.829. The van der Waals surface area contributed by atoms with Gasteiger partial charge in [0.2, 0.25) is 0 Å². The second-order valence-corrected chi connectivity index (χ2v) is 6.72. The van der Waals surface area contributed by atoms with Crippen LogP contribution < -0.4 is 5.49 Å². The lowest BCUT2D eigenvalue weighted by atomic mass is 10.1. The zero-order valence-electron chi connectivity index (χ0n) is 17.0. The lowest BCUT2D eigenvalue weighted by Gasteiger charge is -2.23. The molecule has 0 aliphatic carbocycles. The van der Waals surface area contributed by atoms with Crippen LogP contribution in [0, 0.1) is 5.41 Å². The first-order chi connectivity index (χ1) is 14.2. The van der Waals surface area contributed by atoms with Gasteiger partial charge in [-0.2, -0.15) is 0 Å². The molecule has 0 aromatic carbocycles. The molecule has 0 spiro atoms. The normalized spacial score (nSPS) is 23.3. The predicted molar refractivity (Wildman–Crippen MR) is 98.7 cm³/mol. The Bertz CT molecular complexity index is 1030. The first-order valence-electron chi connectivity index (χ1n) is 9.32. The summed E-state index contributed by atoms with van der Waals surface area (Å²) in [6.45, 7) is 5.89. The maximum atomic E-state index is 11.7. The number of esters is 3. The van der Waals surface area contributed by atoms with E-state index in [0.29, 0.717) is 17.7 Å². The SMILES string of the molecule is CCn1cnc2c(ncn2[C@@H]2O[C@H](COC(C)=O)[C@@H](OC(C)=O)[C@H]2OC(C)=O)c1=N. The van der Waals surface area contributed by atoms with E-state index < -0.39 is 42.4 Å². The van der Waals surface area contributed by atoms with E-state index >= 15 is 0 Å². The molecule has 1 fully saturated rings. The second-order valence-electron chi connectivity index (χ2n) is 6.72. The highest BCUT2D eigenvalue weighted by Crippen LogP contribution is 2.35. The summed E-state index contributed by atoms with van der Waals surface area (Å²) < 4.78 is 24.9. The number of imidazole rings is 1. The van der Waals surface area contributed by atoms with Crippen LogP contribution in [-0.2, 0) is 39.9 Å². The molecule has 2 aromatic rings. The van der Waals surface area contributed by atoms with Crippen molar-refractivity contribution in [1.82, 2.24) is 19.1 Å². The summed E-state index contributed by atoms with van der Waals surface area (Å²) in [4.78, 5) is 43.2. The van der Waals surface area contributed by atoms with Gasteiger partial charge in [-0.1, -0.05) is 0 Å². The molecular weight excluding hydrogens is 398 g/mol. The van der Waals surface area contributed by atoms with Crippen molar-refractivity contribution in [2.75, 3.05) is 6.61 Å². The summed E-state index contributed by atoms with van der Waals surface area (Å²) in [6.07, 6.45) is -1.00. The van der Waals surface area contributed by atoms with Gasteiger partial charge < -0.3 is 23.5 Å². The molecule has 1 aliphatic rings. The van der Waals surface area contributed by atoms with Crippen molar-refractivity contribution in [2.45, 2.75) is 58.8 Å². The molecule has 3 rings (SSSR count). The van der Waals surface area contributed by atoms with Gasteiger partial charge in [-0.25, -0.2) is 9.97 Å². The Hall–Kier alpha value is -3.28. The molecule has 0 saturated carbocycles. The fraction of sp³-hybridized carbons (Fsp3) is 0.556. The van der Waals surface area contributed by atoms with Gasteiger partial charge in [0.25, 0.3) is 0 Å². The molecule has 0 radical (unpaired) electrons. The van der Waals surface area contributed by atoms with Crippen LogP contribution in [0.3, 0.4) is 0 Å². The van der Waals surface area contributed by atoms with E-state index in [1.54, 1.807) is 4.57 Å². The first-order valence-corrected chi connectivity index (χ1v) is 9.32. The van der Waals surface area contributed by atoms with Gasteiger partial charge in [-0.15, -0.1) is 0 Å². The molecule has 2 aromatic heterocycles. The summed E-state index contributed by atoms with van der Waals surface area (Å²) in [5.74, 6) is -1.76.